The number of carboxylic acid groups (broad SMARTS) is 1. The van der Waals surface area contributed by atoms with Gasteiger partial charge in [-0.25, -0.2) is 9.97 Å². The molecule has 19 heavy (non-hydrogen) atoms. The second kappa shape index (κ2) is 5.55. The molecule has 2 rings (SSSR count). The Balaban J connectivity index is 2.07. The molecule has 5 nitrogen and oxygen atoms in total. The first-order valence-electron chi connectivity index (χ1n) is 6.84. The van der Waals surface area contributed by atoms with Gasteiger partial charge in [0.2, 0.25) is 0 Å². The van der Waals surface area contributed by atoms with Crippen LogP contribution >= 0.6 is 0 Å². The molecule has 0 saturated carbocycles. The molecular formula is C14H21N3O2. The summed E-state index contributed by atoms with van der Waals surface area (Å²) in [7, 11) is 0. The van der Waals surface area contributed by atoms with Crippen LogP contribution in [-0.4, -0.2) is 34.1 Å². The van der Waals surface area contributed by atoms with E-state index in [1.165, 1.54) is 0 Å². The topological polar surface area (TPSA) is 66.3 Å². The van der Waals surface area contributed by atoms with Crippen LogP contribution in [0.15, 0.2) is 12.4 Å². The number of aliphatic carboxylic acids is 1. The Kier molecular flexibility index (Phi) is 4.02. The number of piperidine rings is 1. The quantitative estimate of drug-likeness (QED) is 0.902. The largest absolute Gasteiger partial charge is 0.481 e. The van der Waals surface area contributed by atoms with E-state index in [0.29, 0.717) is 12.8 Å². The van der Waals surface area contributed by atoms with Gasteiger partial charge in [-0.15, -0.1) is 0 Å². The van der Waals surface area contributed by atoms with Crippen LogP contribution in [0.3, 0.4) is 0 Å². The highest BCUT2D eigenvalue weighted by atomic mass is 16.4. The maximum atomic E-state index is 11.5. The van der Waals surface area contributed by atoms with E-state index >= 15 is 0 Å². The van der Waals surface area contributed by atoms with Crippen molar-refractivity contribution >= 4 is 11.8 Å². The van der Waals surface area contributed by atoms with Crippen LogP contribution in [0.1, 0.15) is 38.3 Å². The number of nitrogens with zero attached hydrogens (tertiary/aromatic N) is 3. The average molecular weight is 263 g/mol. The third-order valence-corrected chi connectivity index (χ3v) is 4.02. The molecule has 104 valence electrons. The highest BCUT2D eigenvalue weighted by molar-refractivity contribution is 5.75. The van der Waals surface area contributed by atoms with Crippen molar-refractivity contribution in [1.29, 1.82) is 0 Å². The molecule has 5 heteroatoms. The Morgan fingerprint density at radius 3 is 2.63 bits per heavy atom. The van der Waals surface area contributed by atoms with Crippen molar-refractivity contribution in [2.45, 2.75) is 39.5 Å². The van der Waals surface area contributed by atoms with E-state index in [9.17, 15) is 9.90 Å². The molecule has 2 heterocycles. The van der Waals surface area contributed by atoms with Crippen LogP contribution in [0, 0.1) is 12.3 Å². The third kappa shape index (κ3) is 2.85. The average Bonchev–Trinajstić information content (AvgIpc) is 2.39. The summed E-state index contributed by atoms with van der Waals surface area (Å²) in [6.07, 6.45) is 4.63. The fourth-order valence-corrected chi connectivity index (χ4v) is 2.83. The Bertz CT molecular complexity index is 454. The zero-order valence-corrected chi connectivity index (χ0v) is 11.6. The fraction of sp³-hybridized carbons (Fsp3) is 0.643. The van der Waals surface area contributed by atoms with E-state index in [2.05, 4.69) is 14.9 Å². The lowest BCUT2D eigenvalue weighted by atomic mass is 9.75. The second-order valence-electron chi connectivity index (χ2n) is 5.34. The smallest absolute Gasteiger partial charge is 0.309 e. The van der Waals surface area contributed by atoms with Gasteiger partial charge in [0.1, 0.15) is 12.1 Å². The molecule has 0 spiro atoms. The van der Waals surface area contributed by atoms with Gasteiger partial charge in [0, 0.05) is 24.8 Å². The van der Waals surface area contributed by atoms with Crippen LogP contribution in [0.2, 0.25) is 0 Å². The van der Waals surface area contributed by atoms with E-state index < -0.39 is 11.4 Å². The summed E-state index contributed by atoms with van der Waals surface area (Å²) < 4.78 is 0. The highest BCUT2D eigenvalue weighted by Gasteiger charge is 2.40. The summed E-state index contributed by atoms with van der Waals surface area (Å²) in [5, 5.41) is 9.48. The Labute approximate surface area is 113 Å². The molecule has 0 radical (unpaired) electrons. The number of hydrogen-bond donors (Lipinski definition) is 1. The molecule has 1 saturated heterocycles. The van der Waals surface area contributed by atoms with Crippen molar-refractivity contribution in [2.24, 2.45) is 5.41 Å². The first kappa shape index (κ1) is 13.8. The molecule has 1 N–H and O–H groups in total. The molecule has 0 aromatic carbocycles. The van der Waals surface area contributed by atoms with Crippen molar-refractivity contribution in [2.75, 3.05) is 18.0 Å². The van der Waals surface area contributed by atoms with Gasteiger partial charge in [-0.05, 0) is 26.2 Å². The molecule has 1 aliphatic heterocycles. The summed E-state index contributed by atoms with van der Waals surface area (Å²) >= 11 is 0. The number of rotatable bonds is 4. The van der Waals surface area contributed by atoms with E-state index in [4.69, 9.17) is 0 Å². The summed E-state index contributed by atoms with van der Waals surface area (Å²) in [5.74, 6) is 0.260. The monoisotopic (exact) mass is 263 g/mol. The highest BCUT2D eigenvalue weighted by Crippen LogP contribution is 2.37. The molecule has 0 atom stereocenters. The van der Waals surface area contributed by atoms with E-state index in [1.807, 2.05) is 19.9 Å². The number of anilines is 1. The molecular weight excluding hydrogens is 242 g/mol. The van der Waals surface area contributed by atoms with E-state index in [0.717, 1.165) is 37.4 Å². The van der Waals surface area contributed by atoms with Gasteiger partial charge in [-0.3, -0.25) is 4.79 Å². The maximum absolute atomic E-state index is 11.5. The van der Waals surface area contributed by atoms with Crippen molar-refractivity contribution in [3.8, 4) is 0 Å². The molecule has 0 bridgehead atoms. The fourth-order valence-electron chi connectivity index (χ4n) is 2.83. The summed E-state index contributed by atoms with van der Waals surface area (Å²) in [4.78, 5) is 22.0. The Morgan fingerprint density at radius 2 is 2.11 bits per heavy atom. The molecule has 0 unspecified atom stereocenters. The van der Waals surface area contributed by atoms with Gasteiger partial charge in [0.05, 0.1) is 5.41 Å². The van der Waals surface area contributed by atoms with Crippen LogP contribution in [-0.2, 0) is 4.79 Å². The van der Waals surface area contributed by atoms with Crippen LogP contribution in [0.5, 0.6) is 0 Å². The Morgan fingerprint density at radius 1 is 1.42 bits per heavy atom. The number of carbonyl (C=O) groups is 1. The summed E-state index contributed by atoms with van der Waals surface area (Å²) in [6.45, 7) is 5.49. The zero-order chi connectivity index (χ0) is 13.9. The van der Waals surface area contributed by atoms with E-state index in [1.54, 1.807) is 6.33 Å². The van der Waals surface area contributed by atoms with Gasteiger partial charge >= 0.3 is 5.97 Å². The van der Waals surface area contributed by atoms with Gasteiger partial charge in [-0.1, -0.05) is 13.3 Å². The van der Waals surface area contributed by atoms with Crippen LogP contribution in [0.4, 0.5) is 5.82 Å². The molecule has 1 aliphatic rings. The van der Waals surface area contributed by atoms with Crippen LogP contribution in [0.25, 0.3) is 0 Å². The predicted molar refractivity (Wildman–Crippen MR) is 73.2 cm³/mol. The van der Waals surface area contributed by atoms with Gasteiger partial charge < -0.3 is 10.0 Å². The minimum absolute atomic E-state index is 0.534. The molecule has 0 amide bonds. The number of hydrogen-bond acceptors (Lipinski definition) is 4. The number of aryl methyl sites for hydroxylation is 1. The minimum atomic E-state index is -0.645. The molecule has 1 aromatic heterocycles. The predicted octanol–water partition coefficient (Wildman–Crippen LogP) is 2.26. The van der Waals surface area contributed by atoms with Crippen molar-refractivity contribution in [1.82, 2.24) is 9.97 Å². The van der Waals surface area contributed by atoms with Gasteiger partial charge in [-0.2, -0.15) is 0 Å². The number of aromatic nitrogens is 2. The maximum Gasteiger partial charge on any atom is 0.309 e. The van der Waals surface area contributed by atoms with E-state index in [-0.39, 0.29) is 0 Å². The standard InChI is InChI=1S/C14H21N3O2/c1-3-4-14(13(18)19)5-7-17(8-6-14)12-9-11(2)15-10-16-12/h9-10H,3-8H2,1-2H3,(H,18,19). The summed E-state index contributed by atoms with van der Waals surface area (Å²) in [5.41, 5.74) is 0.404. The second-order valence-corrected chi connectivity index (χ2v) is 5.34. The third-order valence-electron chi connectivity index (χ3n) is 4.02. The van der Waals surface area contributed by atoms with Crippen molar-refractivity contribution in [3.05, 3.63) is 18.1 Å². The molecule has 0 aliphatic carbocycles. The van der Waals surface area contributed by atoms with Gasteiger partial charge in [0.15, 0.2) is 0 Å². The molecule has 1 aromatic rings. The first-order valence-corrected chi connectivity index (χ1v) is 6.84. The SMILES string of the molecule is CCCC1(C(=O)O)CCN(c2cc(C)ncn2)CC1. The van der Waals surface area contributed by atoms with Crippen LogP contribution < -0.4 is 4.90 Å². The van der Waals surface area contributed by atoms with Gasteiger partial charge in [0.25, 0.3) is 0 Å². The lowest BCUT2D eigenvalue weighted by Gasteiger charge is -2.39. The minimum Gasteiger partial charge on any atom is -0.481 e. The zero-order valence-electron chi connectivity index (χ0n) is 11.6. The normalized spacial score (nSPS) is 18.3. The first-order chi connectivity index (χ1) is 9.07. The number of carboxylic acids is 1. The molecule has 1 fully saturated rings. The summed E-state index contributed by atoms with van der Waals surface area (Å²) in [6, 6.07) is 1.95. The van der Waals surface area contributed by atoms with Crippen molar-refractivity contribution in [3.63, 3.8) is 0 Å². The lowest BCUT2D eigenvalue weighted by Crippen LogP contribution is -2.44. The Hall–Kier alpha value is -1.65. The lowest BCUT2D eigenvalue weighted by molar-refractivity contribution is -0.150. The van der Waals surface area contributed by atoms with Crippen molar-refractivity contribution < 1.29 is 9.90 Å².